The van der Waals surface area contributed by atoms with Gasteiger partial charge in [-0.2, -0.15) is 0 Å². The Labute approximate surface area is 115 Å². The number of carbonyl (C=O) groups excluding carboxylic acids is 3. The van der Waals surface area contributed by atoms with Crippen molar-refractivity contribution >= 4 is 17.9 Å². The lowest BCUT2D eigenvalue weighted by Gasteiger charge is -2.14. The molecule has 0 heterocycles. The smallest absolute Gasteiger partial charge is 0.338 e. The first kappa shape index (κ1) is 15.4. The molecule has 1 aromatic carbocycles. The quantitative estimate of drug-likeness (QED) is 0.549. The fraction of sp³-hybridized carbons (Fsp3) is 0.214. The van der Waals surface area contributed by atoms with Gasteiger partial charge >= 0.3 is 11.9 Å². The van der Waals surface area contributed by atoms with Gasteiger partial charge in [-0.25, -0.2) is 9.59 Å². The molecule has 0 aliphatic rings. The van der Waals surface area contributed by atoms with Gasteiger partial charge in [-0.15, -0.1) is 0 Å². The zero-order valence-electron chi connectivity index (χ0n) is 10.8. The van der Waals surface area contributed by atoms with Gasteiger partial charge in [0, 0.05) is 11.6 Å². The van der Waals surface area contributed by atoms with Crippen LogP contribution in [-0.2, 0) is 14.3 Å². The van der Waals surface area contributed by atoms with Gasteiger partial charge in [0.1, 0.15) is 12.7 Å². The average molecular weight is 277 g/mol. The number of esters is 2. The molecule has 1 atom stereocenters. The second-order valence-corrected chi connectivity index (χ2v) is 3.88. The highest BCUT2D eigenvalue weighted by molar-refractivity contribution is 6.01. The summed E-state index contributed by atoms with van der Waals surface area (Å²) in [5, 5.41) is 10.8. The van der Waals surface area contributed by atoms with E-state index >= 15 is 0 Å². The molecule has 0 amide bonds. The maximum absolute atomic E-state index is 11.8. The Morgan fingerprint density at radius 2 is 1.90 bits per heavy atom. The molecule has 0 spiro atoms. The molecule has 0 saturated carbocycles. The number of aromatic carboxylic acids is 1. The first-order valence-electron chi connectivity index (χ1n) is 5.76. The van der Waals surface area contributed by atoms with Crippen LogP contribution in [0.4, 0.5) is 0 Å². The molecule has 1 rings (SSSR count). The summed E-state index contributed by atoms with van der Waals surface area (Å²) in [6.45, 7) is 4.57. The van der Waals surface area contributed by atoms with Crippen molar-refractivity contribution in [2.24, 2.45) is 0 Å². The van der Waals surface area contributed by atoms with E-state index in [1.165, 1.54) is 31.2 Å². The van der Waals surface area contributed by atoms with E-state index in [1.54, 1.807) is 0 Å². The van der Waals surface area contributed by atoms with Gasteiger partial charge in [0.2, 0.25) is 0 Å². The average Bonchev–Trinajstić information content (AvgIpc) is 2.44. The molecule has 6 heteroatoms. The Hall–Kier alpha value is -2.63. The van der Waals surface area contributed by atoms with Crippen LogP contribution in [0, 0.1) is 0 Å². The minimum atomic E-state index is -1.47. The molecule has 20 heavy (non-hydrogen) atoms. The van der Waals surface area contributed by atoms with Crippen LogP contribution >= 0.6 is 0 Å². The maximum Gasteiger partial charge on any atom is 0.338 e. The summed E-state index contributed by atoms with van der Waals surface area (Å²) in [5.41, 5.74) is -0.372. The number of hydrogen-bond donors (Lipinski definition) is 0. The zero-order valence-corrected chi connectivity index (χ0v) is 10.8. The highest BCUT2D eigenvalue weighted by Gasteiger charge is 2.15. The molecular formula is C14H13O6-. The largest absolute Gasteiger partial charge is 0.545 e. The first-order valence-corrected chi connectivity index (χ1v) is 5.76. The van der Waals surface area contributed by atoms with Crippen molar-refractivity contribution in [1.29, 1.82) is 0 Å². The van der Waals surface area contributed by atoms with E-state index in [-0.39, 0.29) is 17.7 Å². The highest BCUT2D eigenvalue weighted by Crippen LogP contribution is 2.10. The molecule has 6 nitrogen and oxygen atoms in total. The fourth-order valence-electron chi connectivity index (χ4n) is 1.39. The van der Waals surface area contributed by atoms with Crippen LogP contribution in [0.2, 0.25) is 0 Å². The number of ether oxygens (including phenoxy) is 2. The predicted molar refractivity (Wildman–Crippen MR) is 66.8 cm³/mol. The Bertz CT molecular complexity index is 534. The highest BCUT2D eigenvalue weighted by atomic mass is 16.6. The van der Waals surface area contributed by atoms with Crippen LogP contribution in [0.15, 0.2) is 36.9 Å². The Morgan fingerprint density at radius 3 is 2.45 bits per heavy atom. The number of hydrogen-bond acceptors (Lipinski definition) is 6. The van der Waals surface area contributed by atoms with Crippen molar-refractivity contribution in [3.05, 3.63) is 48.0 Å². The molecule has 0 aliphatic carbocycles. The van der Waals surface area contributed by atoms with Gasteiger partial charge in [-0.05, 0) is 13.0 Å². The number of carboxylic acid groups (broad SMARTS) is 1. The van der Waals surface area contributed by atoms with Gasteiger partial charge in [0.05, 0.1) is 11.5 Å². The molecule has 0 bridgehead atoms. The third-order valence-corrected chi connectivity index (χ3v) is 2.30. The maximum atomic E-state index is 11.8. The van der Waals surface area contributed by atoms with Gasteiger partial charge in [0.25, 0.3) is 0 Å². The van der Waals surface area contributed by atoms with E-state index in [2.05, 4.69) is 6.58 Å². The first-order chi connectivity index (χ1) is 9.45. The topological polar surface area (TPSA) is 92.7 Å². The number of carbonyl (C=O) groups is 3. The number of carboxylic acids is 1. The molecular weight excluding hydrogens is 264 g/mol. The number of rotatable bonds is 6. The van der Waals surface area contributed by atoms with E-state index in [4.69, 9.17) is 9.47 Å². The monoisotopic (exact) mass is 277 g/mol. The molecule has 0 N–H and O–H groups in total. The molecule has 0 saturated heterocycles. The van der Waals surface area contributed by atoms with Crippen LogP contribution in [0.3, 0.4) is 0 Å². The van der Waals surface area contributed by atoms with Gasteiger partial charge in [0.15, 0.2) is 0 Å². The SMILES string of the molecule is C=CC(=O)OC(C)COC(=O)c1ccccc1C(=O)[O-]. The van der Waals surface area contributed by atoms with E-state index in [9.17, 15) is 19.5 Å². The molecule has 0 fully saturated rings. The van der Waals surface area contributed by atoms with E-state index < -0.39 is 24.0 Å². The van der Waals surface area contributed by atoms with Crippen LogP contribution < -0.4 is 5.11 Å². The van der Waals surface area contributed by atoms with Gasteiger partial charge in [-0.3, -0.25) is 0 Å². The second-order valence-electron chi connectivity index (χ2n) is 3.88. The van der Waals surface area contributed by atoms with E-state index in [0.29, 0.717) is 0 Å². The van der Waals surface area contributed by atoms with Gasteiger partial charge in [-0.1, -0.05) is 24.8 Å². The minimum Gasteiger partial charge on any atom is -0.545 e. The van der Waals surface area contributed by atoms with Crippen LogP contribution in [-0.4, -0.2) is 30.6 Å². The van der Waals surface area contributed by atoms with Crippen molar-refractivity contribution in [2.75, 3.05) is 6.61 Å². The Kier molecular flexibility index (Phi) is 5.46. The van der Waals surface area contributed by atoms with Crippen molar-refractivity contribution in [3.63, 3.8) is 0 Å². The normalized spacial score (nSPS) is 11.2. The summed E-state index contributed by atoms with van der Waals surface area (Å²) >= 11 is 0. The van der Waals surface area contributed by atoms with Crippen molar-refractivity contribution in [3.8, 4) is 0 Å². The summed E-state index contributed by atoms with van der Waals surface area (Å²) in [4.78, 5) is 33.5. The van der Waals surface area contributed by atoms with Crippen molar-refractivity contribution < 1.29 is 29.0 Å². The van der Waals surface area contributed by atoms with Crippen molar-refractivity contribution in [1.82, 2.24) is 0 Å². The summed E-state index contributed by atoms with van der Waals surface area (Å²) < 4.78 is 9.69. The van der Waals surface area contributed by atoms with Crippen LogP contribution in [0.25, 0.3) is 0 Å². The summed E-state index contributed by atoms with van der Waals surface area (Å²) in [7, 11) is 0. The molecule has 106 valence electrons. The summed E-state index contributed by atoms with van der Waals surface area (Å²) in [6.07, 6.45) is 0.323. The van der Waals surface area contributed by atoms with Gasteiger partial charge < -0.3 is 19.4 Å². The molecule has 1 unspecified atom stereocenters. The van der Waals surface area contributed by atoms with E-state index in [1.807, 2.05) is 0 Å². The fourth-order valence-corrected chi connectivity index (χ4v) is 1.39. The lowest BCUT2D eigenvalue weighted by atomic mass is 10.1. The summed E-state index contributed by atoms with van der Waals surface area (Å²) in [5.74, 6) is -2.93. The molecule has 0 aliphatic heterocycles. The third kappa shape index (κ3) is 4.24. The predicted octanol–water partition coefficient (Wildman–Crippen LogP) is 0.325. The zero-order chi connectivity index (χ0) is 15.1. The van der Waals surface area contributed by atoms with Crippen LogP contribution in [0.5, 0.6) is 0 Å². The third-order valence-electron chi connectivity index (χ3n) is 2.30. The Balaban J connectivity index is 2.66. The number of benzene rings is 1. The van der Waals surface area contributed by atoms with Crippen LogP contribution in [0.1, 0.15) is 27.6 Å². The minimum absolute atomic E-state index is 0.116. The standard InChI is InChI=1S/C14H14O6/c1-3-12(15)20-9(2)8-19-14(18)11-7-5-4-6-10(11)13(16)17/h3-7,9H,1,8H2,2H3,(H,16,17)/p-1. The van der Waals surface area contributed by atoms with Crippen molar-refractivity contribution in [2.45, 2.75) is 13.0 Å². The van der Waals surface area contributed by atoms with E-state index in [0.717, 1.165) is 6.08 Å². The molecule has 0 radical (unpaired) electrons. The molecule has 0 aromatic heterocycles. The molecule has 1 aromatic rings. The lowest BCUT2D eigenvalue weighted by Crippen LogP contribution is -2.26. The Morgan fingerprint density at radius 1 is 1.30 bits per heavy atom. The summed E-state index contributed by atoms with van der Waals surface area (Å²) in [6, 6.07) is 5.53. The lowest BCUT2D eigenvalue weighted by molar-refractivity contribution is -0.255. The second kappa shape index (κ2) is 7.08.